The number of nitrogens with zero attached hydrogens (tertiary/aromatic N) is 14. The van der Waals surface area contributed by atoms with Crippen molar-refractivity contribution < 1.29 is 27.6 Å². The molecule has 5 N–H and O–H groups in total. The van der Waals surface area contributed by atoms with E-state index in [4.69, 9.17) is 19.0 Å². The van der Waals surface area contributed by atoms with E-state index in [0.717, 1.165) is 21.7 Å². The molecular weight excluding hydrogens is 1530 g/mol. The second kappa shape index (κ2) is 33.3. The number of nitrogen functional groups attached to an aromatic ring is 1. The molecule has 0 aliphatic rings. The number of thiazole rings is 1. The van der Waals surface area contributed by atoms with Gasteiger partial charge in [0.05, 0.1) is 102 Å². The molecule has 0 fully saturated rings. The number of fused-ring (bicyclic) bond motifs is 6. The number of carbonyl (C=O) groups is 3. The number of aryl methyl sites for hydroxylation is 5. The van der Waals surface area contributed by atoms with Crippen molar-refractivity contribution in [2.24, 2.45) is 14.1 Å². The highest BCUT2D eigenvalue weighted by Crippen LogP contribution is 2.35. The molecular formula is C92H70N18O9S. The van der Waals surface area contributed by atoms with E-state index < -0.39 is 24.0 Å². The smallest absolute Gasteiger partial charge is 0.272 e. The first-order valence-electron chi connectivity index (χ1n) is 37.7. The Morgan fingerprint density at radius 1 is 0.467 bits per heavy atom. The summed E-state index contributed by atoms with van der Waals surface area (Å²) in [5.41, 5.74) is 18.6. The molecule has 12 heterocycles. The summed E-state index contributed by atoms with van der Waals surface area (Å²) in [4.78, 5) is 105. The van der Waals surface area contributed by atoms with Crippen LogP contribution in [-0.4, -0.2) is 85.8 Å². The predicted molar refractivity (Wildman–Crippen MR) is 455 cm³/mol. The van der Waals surface area contributed by atoms with Gasteiger partial charge in [-0.3, -0.25) is 42.5 Å². The van der Waals surface area contributed by atoms with Gasteiger partial charge in [0.1, 0.15) is 57.3 Å². The highest BCUT2D eigenvalue weighted by Gasteiger charge is 2.31. The number of aromatic nitrogens is 14. The van der Waals surface area contributed by atoms with E-state index in [9.17, 15) is 28.8 Å². The summed E-state index contributed by atoms with van der Waals surface area (Å²) in [7, 11) is 3.63. The zero-order valence-electron chi connectivity index (χ0n) is 65.6. The third-order valence-corrected chi connectivity index (χ3v) is 20.5. The van der Waals surface area contributed by atoms with E-state index in [-0.39, 0.29) is 39.5 Å². The number of anilines is 1. The first kappa shape index (κ1) is 77.7. The Morgan fingerprint density at radius 3 is 1.42 bits per heavy atom. The summed E-state index contributed by atoms with van der Waals surface area (Å²) >= 11 is 1.45. The third-order valence-electron chi connectivity index (χ3n) is 19.7. The molecule has 0 spiro atoms. The maximum absolute atomic E-state index is 14.2. The lowest BCUT2D eigenvalue weighted by molar-refractivity contribution is 0.0922. The van der Waals surface area contributed by atoms with Crippen molar-refractivity contribution in [2.75, 3.05) is 5.73 Å². The number of rotatable bonds is 12. The number of hydrogen-bond acceptors (Lipinski definition) is 20. The van der Waals surface area contributed by atoms with Crippen LogP contribution in [0.25, 0.3) is 83.2 Å². The van der Waals surface area contributed by atoms with Gasteiger partial charge in [-0.25, -0.2) is 34.0 Å². The first-order valence-corrected chi connectivity index (χ1v) is 38.6. The van der Waals surface area contributed by atoms with E-state index in [0.29, 0.717) is 140 Å². The van der Waals surface area contributed by atoms with Crippen molar-refractivity contribution in [1.82, 2.24) is 84.1 Å². The highest BCUT2D eigenvalue weighted by molar-refractivity contribution is 7.10. The molecule has 0 aliphatic carbocycles. The molecule has 120 heavy (non-hydrogen) atoms. The number of hydrogen-bond donors (Lipinski definition) is 4. The molecule has 0 radical (unpaired) electrons. The van der Waals surface area contributed by atoms with E-state index in [1.165, 1.54) is 22.2 Å². The Bertz CT molecular complexity index is 7490. The molecule has 3 atom stereocenters. The summed E-state index contributed by atoms with van der Waals surface area (Å²) in [6.45, 7) is 10.7. The molecule has 0 saturated carbocycles. The Hall–Kier alpha value is -16.3. The van der Waals surface area contributed by atoms with Crippen molar-refractivity contribution in [1.29, 1.82) is 0 Å². The van der Waals surface area contributed by atoms with Crippen molar-refractivity contribution in [3.05, 3.63) is 346 Å². The monoisotopic (exact) mass is 1600 g/mol. The van der Waals surface area contributed by atoms with Crippen molar-refractivity contribution >= 4 is 84.7 Å². The minimum absolute atomic E-state index is 0.0449. The molecule has 588 valence electrons. The Labute approximate surface area is 686 Å². The summed E-state index contributed by atoms with van der Waals surface area (Å²) in [6, 6.07) is 47.0. The second-order valence-electron chi connectivity index (χ2n) is 27.9. The summed E-state index contributed by atoms with van der Waals surface area (Å²) in [5, 5.41) is 27.0. The largest absolute Gasteiger partial charge is 0.458 e. The van der Waals surface area contributed by atoms with Crippen molar-refractivity contribution in [3.63, 3.8) is 0 Å². The zero-order valence-corrected chi connectivity index (χ0v) is 66.4. The fraction of sp³-hybridized carbons (Fsp3) is 0.120. The van der Waals surface area contributed by atoms with Gasteiger partial charge in [0, 0.05) is 74.2 Å². The van der Waals surface area contributed by atoms with Gasteiger partial charge in [-0.15, -0.1) is 11.3 Å². The van der Waals surface area contributed by atoms with Crippen molar-refractivity contribution in [3.8, 4) is 68.9 Å². The SMILES string of the molecule is C[C@H](NC(=O)c1c(N)ncn2ccnc12)c1oc2cccc(C#Cc3cnn(C)c3)c2c(=O)c1-c1ccccc1.Cc1nc2cccnn2c1C(=O)N[C@@H](C)c1oc2cccc(C#Cc3cnn(C)c3)c2c(=O)c1-c1ccccc1.Cc1ncsc1C#Cc1cccc2oc(C(C)NC(=O)c3c(C)nn4cccnc34)c(-c3ccccc3)c(=O)c12. The van der Waals surface area contributed by atoms with Gasteiger partial charge in [-0.2, -0.15) is 20.4 Å². The molecule has 18 aromatic rings. The van der Waals surface area contributed by atoms with Gasteiger partial charge in [0.25, 0.3) is 17.7 Å². The van der Waals surface area contributed by atoms with Crippen molar-refractivity contribution in [2.45, 2.75) is 59.7 Å². The van der Waals surface area contributed by atoms with Gasteiger partial charge in [0.15, 0.2) is 22.6 Å². The fourth-order valence-corrected chi connectivity index (χ4v) is 14.7. The molecule has 28 heteroatoms. The Balaban J connectivity index is 0.000000134. The summed E-state index contributed by atoms with van der Waals surface area (Å²) in [6.07, 6.45) is 16.6. The lowest BCUT2D eigenvalue weighted by Gasteiger charge is -2.18. The fourth-order valence-electron chi connectivity index (χ4n) is 14.1. The second-order valence-corrected chi connectivity index (χ2v) is 28.8. The van der Waals surface area contributed by atoms with Crippen LogP contribution in [-0.2, 0) is 14.1 Å². The van der Waals surface area contributed by atoms with Crippen LogP contribution in [0.5, 0.6) is 0 Å². The number of imidazole rings is 2. The third kappa shape index (κ3) is 15.5. The quantitative estimate of drug-likeness (QED) is 0.0825. The van der Waals surface area contributed by atoms with E-state index >= 15 is 0 Å². The molecule has 0 saturated heterocycles. The van der Waals surface area contributed by atoms with Crippen LogP contribution in [0, 0.1) is 56.3 Å². The molecule has 0 bridgehead atoms. The molecule has 1 unspecified atom stereocenters. The predicted octanol–water partition coefficient (Wildman–Crippen LogP) is 13.6. The van der Waals surface area contributed by atoms with Crippen LogP contribution in [0.4, 0.5) is 5.82 Å². The topological polar surface area (TPSA) is 343 Å². The molecule has 18 rings (SSSR count). The highest BCUT2D eigenvalue weighted by atomic mass is 32.1. The lowest BCUT2D eigenvalue weighted by Crippen LogP contribution is -2.30. The van der Waals surface area contributed by atoms with Gasteiger partial charge in [0.2, 0.25) is 16.3 Å². The number of carbonyl (C=O) groups excluding carboxylic acids is 3. The van der Waals surface area contributed by atoms with Crippen LogP contribution >= 0.6 is 11.3 Å². The molecule has 12 aromatic heterocycles. The summed E-state index contributed by atoms with van der Waals surface area (Å²) in [5.74, 6) is 18.4. The Morgan fingerprint density at radius 2 is 0.942 bits per heavy atom. The zero-order chi connectivity index (χ0) is 83.4. The van der Waals surface area contributed by atoms with Crippen LogP contribution in [0.1, 0.15) is 137 Å². The van der Waals surface area contributed by atoms with E-state index in [1.807, 2.05) is 118 Å². The van der Waals surface area contributed by atoms with Gasteiger partial charge >= 0.3 is 0 Å². The van der Waals surface area contributed by atoms with Crippen LogP contribution in [0.15, 0.2) is 259 Å². The van der Waals surface area contributed by atoms with Crippen LogP contribution in [0.2, 0.25) is 0 Å². The van der Waals surface area contributed by atoms with E-state index in [1.54, 1.807) is 181 Å². The van der Waals surface area contributed by atoms with Gasteiger partial charge in [-0.05, 0) is 119 Å². The number of amides is 3. The standard InChI is InChI=1S/C31H24N6O3.C31H23N5O3S.C30H23N7O3/c1-19-28(37-25(34-19)13-8-16-32-37)31(39)35-20(2)30-27(22-9-5-4-6-10-22)29(38)26-23(11-7-12-24(26)40-30)15-14-21-17-33-36(3)18-21;1-18-24(40-17-33-18)14-13-22-11-7-12-23-26(22)28(37)27(21-9-5-4-6-10-21)29(39-23)20(3)34-31(38)25-19(2)35-36-16-8-15-32-30(25)36;1-18(35-30(39)25-28(31)33-17-37-14-13-32-29(25)37)27-24(20-7-4-3-5-8-20)26(38)23-21(9-6-10-22(23)40-27)12-11-19-15-34-36(2)16-19/h4-13,16-18,20H,1-3H3,(H,35,39);4-12,15-17,20H,1-3H3,(H,34,38);3-10,13-18H,31H2,1-2H3,(H,35,39)/t20-;;18-/m0.0/s1. The minimum atomic E-state index is -0.709. The minimum Gasteiger partial charge on any atom is -0.458 e. The van der Waals surface area contributed by atoms with Gasteiger partial charge in [-0.1, -0.05) is 139 Å². The lowest BCUT2D eigenvalue weighted by atomic mass is 9.97. The maximum Gasteiger partial charge on any atom is 0.272 e. The van der Waals surface area contributed by atoms with Crippen LogP contribution in [0.3, 0.4) is 0 Å². The maximum atomic E-state index is 14.2. The average Bonchev–Trinajstić information content (AvgIpc) is 1.13. The van der Waals surface area contributed by atoms with E-state index in [2.05, 4.69) is 96.8 Å². The Kier molecular flexibility index (Phi) is 21.6. The molecule has 3 amide bonds. The molecule has 0 aliphatic heterocycles. The average molecular weight is 1600 g/mol. The normalized spacial score (nSPS) is 11.8. The number of nitrogens with two attached hydrogens (primary N) is 1. The molecule has 6 aromatic carbocycles. The number of benzene rings is 6. The van der Waals surface area contributed by atoms with Crippen LogP contribution < -0.4 is 38.0 Å². The number of nitrogens with one attached hydrogen (secondary N) is 3. The molecule has 27 nitrogen and oxygen atoms in total. The first-order chi connectivity index (χ1) is 58.2. The summed E-state index contributed by atoms with van der Waals surface area (Å²) < 4.78 is 27.1. The van der Waals surface area contributed by atoms with Gasteiger partial charge < -0.3 is 34.9 Å².